The summed E-state index contributed by atoms with van der Waals surface area (Å²) in [6.07, 6.45) is 0. The van der Waals surface area contributed by atoms with Crippen molar-refractivity contribution < 1.29 is 0 Å². The molecule has 0 atom stereocenters. The third-order valence-corrected chi connectivity index (χ3v) is 4.27. The van der Waals surface area contributed by atoms with Gasteiger partial charge in [-0.2, -0.15) is 9.64 Å². The summed E-state index contributed by atoms with van der Waals surface area (Å²) in [5.41, 5.74) is 2.77. The molecule has 0 saturated carbocycles. The highest BCUT2D eigenvalue weighted by molar-refractivity contribution is 7.10. The van der Waals surface area contributed by atoms with Crippen LogP contribution < -0.4 is 9.80 Å². The number of hydrogen-bond donors (Lipinski definition) is 0. The fourth-order valence-corrected chi connectivity index (χ4v) is 2.88. The molecule has 0 N–H and O–H groups in total. The Bertz CT molecular complexity index is 645. The third kappa shape index (κ3) is 3.03. The van der Waals surface area contributed by atoms with Gasteiger partial charge in [0.1, 0.15) is 16.6 Å². The third-order valence-electron chi connectivity index (χ3n) is 2.94. The predicted octanol–water partition coefficient (Wildman–Crippen LogP) is 3.37. The molecule has 104 valence electrons. The molecule has 0 unspecified atom stereocenters. The van der Waals surface area contributed by atoms with Crippen molar-refractivity contribution in [1.29, 1.82) is 5.26 Å². The first-order valence-corrected chi connectivity index (χ1v) is 7.20. The molecular weight excluding hydrogens is 292 g/mol. The molecule has 0 spiro atoms. The van der Waals surface area contributed by atoms with Crippen molar-refractivity contribution >= 4 is 33.8 Å². The van der Waals surface area contributed by atoms with E-state index in [1.165, 1.54) is 17.1 Å². The summed E-state index contributed by atoms with van der Waals surface area (Å²) in [5.74, 6) is 0. The highest BCUT2D eigenvalue weighted by atomic mass is 35.5. The average molecular weight is 307 g/mol. The van der Waals surface area contributed by atoms with Gasteiger partial charge in [-0.3, -0.25) is 0 Å². The lowest BCUT2D eigenvalue weighted by Crippen LogP contribution is -2.16. The van der Waals surface area contributed by atoms with E-state index in [0.717, 1.165) is 10.7 Å². The van der Waals surface area contributed by atoms with Crippen molar-refractivity contribution in [2.24, 2.45) is 0 Å². The van der Waals surface area contributed by atoms with Crippen molar-refractivity contribution in [2.75, 3.05) is 30.9 Å². The topological polar surface area (TPSA) is 43.2 Å². The molecule has 2 aromatic rings. The Labute approximate surface area is 128 Å². The standard InChI is InChI=1S/C14H15ClN4S/c1-18(2)11-6-4-5-10(7-11)9-19(3)14-12(8-16)13(15)17-20-14/h4-7H,9H2,1-3H3. The van der Waals surface area contributed by atoms with Crippen LogP contribution in [0.4, 0.5) is 10.7 Å². The molecule has 0 saturated heterocycles. The maximum absolute atomic E-state index is 9.12. The Morgan fingerprint density at radius 1 is 1.35 bits per heavy atom. The number of halogens is 1. The van der Waals surface area contributed by atoms with E-state index >= 15 is 0 Å². The maximum atomic E-state index is 9.12. The van der Waals surface area contributed by atoms with Crippen molar-refractivity contribution in [3.8, 4) is 6.07 Å². The number of benzene rings is 1. The van der Waals surface area contributed by atoms with E-state index in [0.29, 0.717) is 12.1 Å². The highest BCUT2D eigenvalue weighted by Gasteiger charge is 2.15. The zero-order chi connectivity index (χ0) is 14.7. The van der Waals surface area contributed by atoms with Gasteiger partial charge in [0, 0.05) is 33.4 Å². The van der Waals surface area contributed by atoms with Crippen molar-refractivity contribution in [3.05, 3.63) is 40.5 Å². The van der Waals surface area contributed by atoms with Gasteiger partial charge < -0.3 is 9.80 Å². The van der Waals surface area contributed by atoms with Crippen LogP contribution in [0.5, 0.6) is 0 Å². The van der Waals surface area contributed by atoms with Gasteiger partial charge in [0.2, 0.25) is 0 Å². The summed E-state index contributed by atoms with van der Waals surface area (Å²) in [4.78, 5) is 4.06. The Hall–Kier alpha value is -1.77. The first kappa shape index (κ1) is 14.6. The Kier molecular flexibility index (Phi) is 4.48. The molecule has 0 radical (unpaired) electrons. The second kappa shape index (κ2) is 6.12. The number of nitrogens with zero attached hydrogens (tertiary/aromatic N) is 4. The van der Waals surface area contributed by atoms with E-state index in [-0.39, 0.29) is 5.15 Å². The number of anilines is 2. The average Bonchev–Trinajstić information content (AvgIpc) is 2.80. The molecule has 2 rings (SSSR count). The van der Waals surface area contributed by atoms with Gasteiger partial charge in [-0.1, -0.05) is 23.7 Å². The lowest BCUT2D eigenvalue weighted by molar-refractivity contribution is 0.931. The summed E-state index contributed by atoms with van der Waals surface area (Å²) < 4.78 is 4.03. The van der Waals surface area contributed by atoms with Crippen LogP contribution >= 0.6 is 23.1 Å². The van der Waals surface area contributed by atoms with Gasteiger partial charge in [0.25, 0.3) is 0 Å². The molecule has 0 aliphatic rings. The van der Waals surface area contributed by atoms with Crippen molar-refractivity contribution in [3.63, 3.8) is 0 Å². The first-order chi connectivity index (χ1) is 9.52. The van der Waals surface area contributed by atoms with Gasteiger partial charge in [-0.15, -0.1) is 0 Å². The van der Waals surface area contributed by atoms with E-state index < -0.39 is 0 Å². The van der Waals surface area contributed by atoms with E-state index in [1.54, 1.807) is 0 Å². The minimum Gasteiger partial charge on any atom is -0.378 e. The second-order valence-corrected chi connectivity index (χ2v) is 5.80. The molecule has 20 heavy (non-hydrogen) atoms. The van der Waals surface area contributed by atoms with Crippen LogP contribution in [0.1, 0.15) is 11.1 Å². The molecule has 0 aliphatic heterocycles. The summed E-state index contributed by atoms with van der Waals surface area (Å²) in [6, 6.07) is 10.4. The lowest BCUT2D eigenvalue weighted by atomic mass is 10.2. The number of rotatable bonds is 4. The monoisotopic (exact) mass is 306 g/mol. The molecule has 0 amide bonds. The van der Waals surface area contributed by atoms with Crippen LogP contribution in [-0.2, 0) is 6.54 Å². The van der Waals surface area contributed by atoms with Crippen LogP contribution in [0.25, 0.3) is 0 Å². The molecule has 0 aliphatic carbocycles. The Morgan fingerprint density at radius 3 is 2.75 bits per heavy atom. The molecule has 1 aromatic carbocycles. The van der Waals surface area contributed by atoms with Gasteiger partial charge in [-0.25, -0.2) is 0 Å². The predicted molar refractivity (Wildman–Crippen MR) is 84.7 cm³/mol. The largest absolute Gasteiger partial charge is 0.378 e. The maximum Gasteiger partial charge on any atom is 0.162 e. The van der Waals surface area contributed by atoms with Crippen LogP contribution in [0, 0.1) is 11.3 Å². The number of nitriles is 1. The minimum absolute atomic E-state index is 0.279. The summed E-state index contributed by atoms with van der Waals surface area (Å²) in [5, 5.41) is 10.2. The summed E-state index contributed by atoms with van der Waals surface area (Å²) in [7, 11) is 5.96. The van der Waals surface area contributed by atoms with Crippen molar-refractivity contribution in [2.45, 2.75) is 6.54 Å². The Balaban J connectivity index is 2.21. The van der Waals surface area contributed by atoms with E-state index in [1.807, 2.05) is 32.1 Å². The minimum atomic E-state index is 0.279. The fourth-order valence-electron chi connectivity index (χ4n) is 1.90. The molecule has 1 heterocycles. The fraction of sp³-hybridized carbons (Fsp3) is 0.286. The van der Waals surface area contributed by atoms with Crippen LogP contribution in [0.3, 0.4) is 0 Å². The van der Waals surface area contributed by atoms with Crippen LogP contribution in [-0.4, -0.2) is 25.5 Å². The number of hydrogen-bond acceptors (Lipinski definition) is 5. The molecule has 1 aromatic heterocycles. The van der Waals surface area contributed by atoms with E-state index in [2.05, 4.69) is 33.5 Å². The molecular formula is C14H15ClN4S. The molecule has 0 bridgehead atoms. The zero-order valence-corrected chi connectivity index (χ0v) is 13.2. The SMILES string of the molecule is CN(C)c1cccc(CN(C)c2snc(Cl)c2C#N)c1. The molecule has 0 fully saturated rings. The van der Waals surface area contributed by atoms with Gasteiger partial charge in [0.15, 0.2) is 5.15 Å². The zero-order valence-electron chi connectivity index (χ0n) is 11.6. The Morgan fingerprint density at radius 2 is 2.10 bits per heavy atom. The van der Waals surface area contributed by atoms with Gasteiger partial charge in [-0.05, 0) is 29.2 Å². The van der Waals surface area contributed by atoms with Gasteiger partial charge >= 0.3 is 0 Å². The lowest BCUT2D eigenvalue weighted by Gasteiger charge is -2.19. The smallest absolute Gasteiger partial charge is 0.162 e. The summed E-state index contributed by atoms with van der Waals surface area (Å²) in [6.45, 7) is 0.703. The quantitative estimate of drug-likeness (QED) is 0.868. The van der Waals surface area contributed by atoms with Gasteiger partial charge in [0.05, 0.1) is 0 Å². The second-order valence-electron chi connectivity index (χ2n) is 4.69. The molecule has 4 nitrogen and oxygen atoms in total. The summed E-state index contributed by atoms with van der Waals surface area (Å²) >= 11 is 7.15. The first-order valence-electron chi connectivity index (χ1n) is 6.05. The number of aromatic nitrogens is 1. The normalized spacial score (nSPS) is 10.2. The van der Waals surface area contributed by atoms with Crippen molar-refractivity contribution in [1.82, 2.24) is 4.37 Å². The van der Waals surface area contributed by atoms with E-state index in [4.69, 9.17) is 16.9 Å². The highest BCUT2D eigenvalue weighted by Crippen LogP contribution is 2.31. The van der Waals surface area contributed by atoms with Crippen LogP contribution in [0.2, 0.25) is 5.15 Å². The van der Waals surface area contributed by atoms with Crippen LogP contribution in [0.15, 0.2) is 24.3 Å². The van der Waals surface area contributed by atoms with E-state index in [9.17, 15) is 0 Å². The molecule has 6 heteroatoms.